The summed E-state index contributed by atoms with van der Waals surface area (Å²) in [4.78, 5) is 26.0. The third-order valence-corrected chi connectivity index (χ3v) is 5.17. The summed E-state index contributed by atoms with van der Waals surface area (Å²) >= 11 is 0. The number of ketones is 2. The van der Waals surface area contributed by atoms with E-state index in [4.69, 9.17) is 4.74 Å². The average molecular weight is 374 g/mol. The van der Waals surface area contributed by atoms with E-state index in [9.17, 15) is 14.0 Å². The Morgan fingerprint density at radius 1 is 0.929 bits per heavy atom. The monoisotopic (exact) mass is 374 g/mol. The third-order valence-electron chi connectivity index (χ3n) is 5.17. The van der Waals surface area contributed by atoms with Crippen molar-refractivity contribution in [2.75, 3.05) is 0 Å². The second kappa shape index (κ2) is 7.04. The first-order valence-corrected chi connectivity index (χ1v) is 9.13. The first-order valence-electron chi connectivity index (χ1n) is 9.13. The smallest absolute Gasteiger partial charge is 0.174 e. The Labute approximate surface area is 162 Å². The van der Waals surface area contributed by atoms with Crippen molar-refractivity contribution >= 4 is 11.6 Å². The number of rotatable bonds is 4. The van der Waals surface area contributed by atoms with Gasteiger partial charge >= 0.3 is 0 Å². The van der Waals surface area contributed by atoms with Crippen LogP contribution >= 0.6 is 0 Å². The molecule has 1 aliphatic rings. The number of carbonyl (C=O) groups is 2. The van der Waals surface area contributed by atoms with Gasteiger partial charge in [0.25, 0.3) is 0 Å². The van der Waals surface area contributed by atoms with Crippen LogP contribution in [0.4, 0.5) is 4.39 Å². The van der Waals surface area contributed by atoms with E-state index in [0.717, 1.165) is 5.56 Å². The van der Waals surface area contributed by atoms with Crippen LogP contribution in [0.5, 0.6) is 11.5 Å². The van der Waals surface area contributed by atoms with Gasteiger partial charge in [0.1, 0.15) is 23.1 Å². The summed E-state index contributed by atoms with van der Waals surface area (Å²) in [6, 6.07) is 18.6. The van der Waals surface area contributed by atoms with E-state index in [1.165, 1.54) is 19.1 Å². The second-order valence-electron chi connectivity index (χ2n) is 7.12. The molecule has 0 fully saturated rings. The largest absolute Gasteiger partial charge is 0.457 e. The highest BCUT2D eigenvalue weighted by molar-refractivity contribution is 6.11. The third kappa shape index (κ3) is 3.11. The van der Waals surface area contributed by atoms with Crippen LogP contribution in [0.1, 0.15) is 39.9 Å². The standard InChI is InChI=1S/C24H19FO3/c1-14-7-9-16(10-8-14)24(27)22(15(2)26)23-18-5-3-4-6-20(18)28-21-12-11-17(25)13-19(21)23/h3-13,22-23H,1-2H3. The Kier molecular flexibility index (Phi) is 4.55. The van der Waals surface area contributed by atoms with Gasteiger partial charge in [-0.1, -0.05) is 48.0 Å². The summed E-state index contributed by atoms with van der Waals surface area (Å²) in [5, 5.41) is 0. The summed E-state index contributed by atoms with van der Waals surface area (Å²) in [6.07, 6.45) is 0. The van der Waals surface area contributed by atoms with Gasteiger partial charge in [-0.3, -0.25) is 9.59 Å². The minimum Gasteiger partial charge on any atom is -0.457 e. The molecule has 4 rings (SSSR count). The molecule has 3 nitrogen and oxygen atoms in total. The van der Waals surface area contributed by atoms with Crippen LogP contribution in [0, 0.1) is 18.7 Å². The first-order chi connectivity index (χ1) is 13.5. The van der Waals surface area contributed by atoms with Gasteiger partial charge < -0.3 is 4.74 Å². The van der Waals surface area contributed by atoms with Gasteiger partial charge in [-0.25, -0.2) is 4.39 Å². The molecule has 2 unspecified atom stereocenters. The molecular weight excluding hydrogens is 355 g/mol. The minimum absolute atomic E-state index is 0.262. The summed E-state index contributed by atoms with van der Waals surface area (Å²) in [7, 11) is 0. The Hall–Kier alpha value is -3.27. The van der Waals surface area contributed by atoms with E-state index >= 15 is 0 Å². The average Bonchev–Trinajstić information content (AvgIpc) is 2.68. The number of benzene rings is 3. The summed E-state index contributed by atoms with van der Waals surface area (Å²) in [5.74, 6) is -1.50. The highest BCUT2D eigenvalue weighted by Gasteiger charge is 2.40. The molecule has 3 aromatic carbocycles. The van der Waals surface area contributed by atoms with Gasteiger partial charge in [0.05, 0.1) is 5.92 Å². The molecule has 4 heteroatoms. The summed E-state index contributed by atoms with van der Waals surface area (Å²) in [6.45, 7) is 3.35. The fourth-order valence-corrected chi connectivity index (χ4v) is 3.80. The maximum Gasteiger partial charge on any atom is 0.174 e. The normalized spacial score (nSPS) is 15.8. The molecule has 0 N–H and O–H groups in total. The first kappa shape index (κ1) is 18.1. The Morgan fingerprint density at radius 2 is 1.61 bits per heavy atom. The van der Waals surface area contributed by atoms with Gasteiger partial charge in [0.15, 0.2) is 5.78 Å². The van der Waals surface area contributed by atoms with Crippen LogP contribution in [-0.2, 0) is 4.79 Å². The molecule has 3 aromatic rings. The fraction of sp³-hybridized carbons (Fsp3) is 0.167. The lowest BCUT2D eigenvalue weighted by Gasteiger charge is -2.32. The van der Waals surface area contributed by atoms with Crippen molar-refractivity contribution in [1.29, 1.82) is 0 Å². The molecule has 140 valence electrons. The Balaban J connectivity index is 1.89. The van der Waals surface area contributed by atoms with E-state index in [2.05, 4.69) is 0 Å². The van der Waals surface area contributed by atoms with Crippen LogP contribution in [0.25, 0.3) is 0 Å². The molecule has 0 amide bonds. The van der Waals surface area contributed by atoms with Gasteiger partial charge in [-0.15, -0.1) is 0 Å². The van der Waals surface area contributed by atoms with Gasteiger partial charge in [-0.05, 0) is 38.1 Å². The van der Waals surface area contributed by atoms with Gasteiger partial charge in [0, 0.05) is 22.6 Å². The van der Waals surface area contributed by atoms with E-state index in [1.54, 1.807) is 24.3 Å². The molecule has 0 saturated carbocycles. The zero-order valence-electron chi connectivity index (χ0n) is 15.6. The van der Waals surface area contributed by atoms with Crippen LogP contribution in [0.2, 0.25) is 0 Å². The van der Waals surface area contributed by atoms with Crippen LogP contribution in [-0.4, -0.2) is 11.6 Å². The molecule has 0 radical (unpaired) electrons. The lowest BCUT2D eigenvalue weighted by molar-refractivity contribution is -0.119. The SMILES string of the molecule is CC(=O)C(C(=O)c1ccc(C)cc1)C1c2ccccc2Oc2ccc(F)cc21. The lowest BCUT2D eigenvalue weighted by atomic mass is 9.74. The van der Waals surface area contributed by atoms with Crippen molar-refractivity contribution in [1.82, 2.24) is 0 Å². The molecular formula is C24H19FO3. The molecule has 0 aliphatic carbocycles. The molecule has 28 heavy (non-hydrogen) atoms. The van der Waals surface area contributed by atoms with Crippen molar-refractivity contribution in [2.24, 2.45) is 5.92 Å². The van der Waals surface area contributed by atoms with Crippen molar-refractivity contribution < 1.29 is 18.7 Å². The van der Waals surface area contributed by atoms with Crippen LogP contribution < -0.4 is 4.74 Å². The number of Topliss-reactive ketones (excluding diaryl/α,β-unsaturated/α-hetero) is 2. The van der Waals surface area contributed by atoms with Gasteiger partial charge in [-0.2, -0.15) is 0 Å². The summed E-state index contributed by atoms with van der Waals surface area (Å²) in [5.41, 5.74) is 2.72. The topological polar surface area (TPSA) is 43.4 Å². The molecule has 0 aromatic heterocycles. The van der Waals surface area contributed by atoms with Crippen molar-refractivity contribution in [3.8, 4) is 11.5 Å². The van der Waals surface area contributed by atoms with Crippen molar-refractivity contribution in [2.45, 2.75) is 19.8 Å². The number of aryl methyl sites for hydroxylation is 1. The number of para-hydroxylation sites is 1. The van der Waals surface area contributed by atoms with Crippen LogP contribution in [0.15, 0.2) is 66.7 Å². The lowest BCUT2D eigenvalue weighted by Crippen LogP contribution is -2.31. The number of hydrogen-bond donors (Lipinski definition) is 0. The molecule has 2 atom stereocenters. The van der Waals surface area contributed by atoms with Gasteiger partial charge in [0.2, 0.25) is 0 Å². The van der Waals surface area contributed by atoms with Crippen LogP contribution in [0.3, 0.4) is 0 Å². The number of halogens is 1. The summed E-state index contributed by atoms with van der Waals surface area (Å²) < 4.78 is 20.0. The zero-order valence-corrected chi connectivity index (χ0v) is 15.6. The molecule has 1 heterocycles. The molecule has 0 spiro atoms. The predicted octanol–water partition coefficient (Wildman–Crippen LogP) is 5.46. The number of hydrogen-bond acceptors (Lipinski definition) is 3. The maximum absolute atomic E-state index is 14.1. The number of fused-ring (bicyclic) bond motifs is 2. The number of carbonyl (C=O) groups excluding carboxylic acids is 2. The van der Waals surface area contributed by atoms with E-state index < -0.39 is 17.7 Å². The fourth-order valence-electron chi connectivity index (χ4n) is 3.80. The van der Waals surface area contributed by atoms with Crippen molar-refractivity contribution in [3.05, 3.63) is 94.8 Å². The van der Waals surface area contributed by atoms with E-state index in [0.29, 0.717) is 28.2 Å². The number of ether oxygens (including phenoxy) is 1. The zero-order chi connectivity index (χ0) is 19.8. The molecule has 0 saturated heterocycles. The van der Waals surface area contributed by atoms with E-state index in [-0.39, 0.29) is 11.6 Å². The predicted molar refractivity (Wildman–Crippen MR) is 104 cm³/mol. The minimum atomic E-state index is -0.965. The Morgan fingerprint density at radius 3 is 2.32 bits per heavy atom. The Bertz CT molecular complexity index is 1070. The van der Waals surface area contributed by atoms with E-state index in [1.807, 2.05) is 37.3 Å². The second-order valence-corrected chi connectivity index (χ2v) is 7.12. The highest BCUT2D eigenvalue weighted by Crippen LogP contribution is 2.48. The quantitative estimate of drug-likeness (QED) is 0.450. The highest BCUT2D eigenvalue weighted by atomic mass is 19.1. The molecule has 0 bridgehead atoms. The van der Waals surface area contributed by atoms with Crippen molar-refractivity contribution in [3.63, 3.8) is 0 Å². The maximum atomic E-state index is 14.1. The molecule has 1 aliphatic heterocycles.